The quantitative estimate of drug-likeness (QED) is 0.693. The molecule has 2 rings (SSSR count). The van der Waals surface area contributed by atoms with E-state index in [1.165, 1.54) is 19.3 Å². The SMILES string of the molecule is CCC1CCCC(C(=O)CSc2ccccc2Cl)C1. The number of carbonyl (C=O) groups is 1. The van der Waals surface area contributed by atoms with E-state index in [4.69, 9.17) is 11.6 Å². The average Bonchev–Trinajstić information content (AvgIpc) is 2.46. The lowest BCUT2D eigenvalue weighted by molar-refractivity contribution is -0.121. The lowest BCUT2D eigenvalue weighted by Crippen LogP contribution is -2.24. The maximum atomic E-state index is 12.3. The third-order valence-electron chi connectivity index (χ3n) is 4.02. The van der Waals surface area contributed by atoms with Gasteiger partial charge in [-0.2, -0.15) is 0 Å². The Labute approximate surface area is 125 Å². The van der Waals surface area contributed by atoms with Crippen molar-refractivity contribution in [2.75, 3.05) is 5.75 Å². The van der Waals surface area contributed by atoms with Crippen molar-refractivity contribution in [2.45, 2.75) is 43.9 Å². The lowest BCUT2D eigenvalue weighted by Gasteiger charge is -2.27. The van der Waals surface area contributed by atoms with Crippen LogP contribution in [0.1, 0.15) is 39.0 Å². The number of thioether (sulfide) groups is 1. The highest BCUT2D eigenvalue weighted by atomic mass is 35.5. The first-order chi connectivity index (χ1) is 9.20. The van der Waals surface area contributed by atoms with Gasteiger partial charge in [0.15, 0.2) is 0 Å². The molecule has 1 saturated carbocycles. The third kappa shape index (κ3) is 4.25. The van der Waals surface area contributed by atoms with Crippen LogP contribution < -0.4 is 0 Å². The lowest BCUT2D eigenvalue weighted by atomic mass is 9.78. The number of carbonyl (C=O) groups excluding carboxylic acids is 1. The summed E-state index contributed by atoms with van der Waals surface area (Å²) in [7, 11) is 0. The van der Waals surface area contributed by atoms with Crippen LogP contribution in [0.25, 0.3) is 0 Å². The Morgan fingerprint density at radius 3 is 2.89 bits per heavy atom. The van der Waals surface area contributed by atoms with E-state index in [2.05, 4.69) is 6.92 Å². The Bertz CT molecular complexity index is 433. The van der Waals surface area contributed by atoms with Gasteiger partial charge in [-0.3, -0.25) is 4.79 Å². The molecule has 1 aliphatic rings. The van der Waals surface area contributed by atoms with E-state index >= 15 is 0 Å². The van der Waals surface area contributed by atoms with Gasteiger partial charge >= 0.3 is 0 Å². The summed E-state index contributed by atoms with van der Waals surface area (Å²) in [5, 5.41) is 0.746. The predicted octanol–water partition coefficient (Wildman–Crippen LogP) is 5.22. The summed E-state index contributed by atoms with van der Waals surface area (Å²) in [6, 6.07) is 7.74. The van der Waals surface area contributed by atoms with Crippen LogP contribution >= 0.6 is 23.4 Å². The smallest absolute Gasteiger partial charge is 0.146 e. The summed E-state index contributed by atoms with van der Waals surface area (Å²) in [4.78, 5) is 13.3. The maximum absolute atomic E-state index is 12.3. The molecule has 104 valence electrons. The minimum Gasteiger partial charge on any atom is -0.298 e. The average molecular weight is 297 g/mol. The van der Waals surface area contributed by atoms with Crippen molar-refractivity contribution in [1.82, 2.24) is 0 Å². The number of Topliss-reactive ketones (excluding diaryl/α,β-unsaturated/α-hetero) is 1. The molecular formula is C16H21ClOS. The fraction of sp³-hybridized carbons (Fsp3) is 0.562. The van der Waals surface area contributed by atoms with Gasteiger partial charge in [-0.25, -0.2) is 0 Å². The molecule has 1 nitrogen and oxygen atoms in total. The fourth-order valence-electron chi connectivity index (χ4n) is 2.78. The van der Waals surface area contributed by atoms with Crippen LogP contribution in [0.15, 0.2) is 29.2 Å². The molecule has 1 fully saturated rings. The van der Waals surface area contributed by atoms with Crippen molar-refractivity contribution in [3.8, 4) is 0 Å². The predicted molar refractivity (Wildman–Crippen MR) is 82.9 cm³/mol. The van der Waals surface area contributed by atoms with Crippen molar-refractivity contribution >= 4 is 29.1 Å². The van der Waals surface area contributed by atoms with Crippen molar-refractivity contribution in [2.24, 2.45) is 11.8 Å². The van der Waals surface area contributed by atoms with Gasteiger partial charge in [0.2, 0.25) is 0 Å². The first-order valence-corrected chi connectivity index (χ1v) is 8.47. The molecule has 3 heteroatoms. The van der Waals surface area contributed by atoms with Crippen LogP contribution in [0.5, 0.6) is 0 Å². The van der Waals surface area contributed by atoms with Crippen molar-refractivity contribution in [3.63, 3.8) is 0 Å². The van der Waals surface area contributed by atoms with Gasteiger partial charge in [0.05, 0.1) is 10.8 Å². The van der Waals surface area contributed by atoms with Gasteiger partial charge < -0.3 is 0 Å². The Morgan fingerprint density at radius 2 is 2.16 bits per heavy atom. The highest BCUT2D eigenvalue weighted by molar-refractivity contribution is 8.00. The molecule has 0 radical (unpaired) electrons. The van der Waals surface area contributed by atoms with Crippen LogP contribution in [0.3, 0.4) is 0 Å². The molecule has 0 bridgehead atoms. The van der Waals surface area contributed by atoms with E-state index in [-0.39, 0.29) is 5.92 Å². The maximum Gasteiger partial charge on any atom is 0.146 e. The molecule has 0 N–H and O–H groups in total. The molecule has 0 saturated heterocycles. The van der Waals surface area contributed by atoms with E-state index in [1.54, 1.807) is 11.8 Å². The topological polar surface area (TPSA) is 17.1 Å². The Balaban J connectivity index is 1.86. The highest BCUT2D eigenvalue weighted by Gasteiger charge is 2.26. The summed E-state index contributed by atoms with van der Waals surface area (Å²) < 4.78 is 0. The first kappa shape index (κ1) is 14.9. The van der Waals surface area contributed by atoms with Crippen LogP contribution in [-0.4, -0.2) is 11.5 Å². The first-order valence-electron chi connectivity index (χ1n) is 7.10. The zero-order valence-corrected chi connectivity index (χ0v) is 13.0. The number of ketones is 1. The van der Waals surface area contributed by atoms with E-state index in [0.29, 0.717) is 11.5 Å². The number of hydrogen-bond acceptors (Lipinski definition) is 2. The zero-order valence-electron chi connectivity index (χ0n) is 11.4. The Morgan fingerprint density at radius 1 is 1.37 bits per heavy atom. The summed E-state index contributed by atoms with van der Waals surface area (Å²) in [5.74, 6) is 2.01. The van der Waals surface area contributed by atoms with E-state index in [0.717, 1.165) is 28.7 Å². The minimum atomic E-state index is 0.286. The molecule has 2 atom stereocenters. The van der Waals surface area contributed by atoms with Gasteiger partial charge in [-0.1, -0.05) is 49.9 Å². The molecule has 0 aliphatic heterocycles. The van der Waals surface area contributed by atoms with Crippen LogP contribution in [0.4, 0.5) is 0 Å². The van der Waals surface area contributed by atoms with Gasteiger partial charge in [0.25, 0.3) is 0 Å². The van der Waals surface area contributed by atoms with Crippen molar-refractivity contribution in [3.05, 3.63) is 29.3 Å². The summed E-state index contributed by atoms with van der Waals surface area (Å²) in [6.07, 6.45) is 5.90. The molecule has 0 amide bonds. The van der Waals surface area contributed by atoms with Gasteiger partial charge in [0, 0.05) is 10.8 Å². The normalized spacial score (nSPS) is 23.3. The summed E-state index contributed by atoms with van der Waals surface area (Å²) in [5.41, 5.74) is 0. The van der Waals surface area contributed by atoms with Gasteiger partial charge in [0.1, 0.15) is 5.78 Å². The third-order valence-corrected chi connectivity index (χ3v) is 5.56. The largest absolute Gasteiger partial charge is 0.298 e. The second-order valence-corrected chi connectivity index (χ2v) is 6.75. The number of rotatable bonds is 5. The van der Waals surface area contributed by atoms with Crippen LogP contribution in [0.2, 0.25) is 5.02 Å². The molecule has 0 spiro atoms. The summed E-state index contributed by atoms with van der Waals surface area (Å²) >= 11 is 7.68. The Kier molecular flexibility index (Phi) is 5.77. The van der Waals surface area contributed by atoms with Crippen molar-refractivity contribution in [1.29, 1.82) is 0 Å². The zero-order chi connectivity index (χ0) is 13.7. The van der Waals surface area contributed by atoms with E-state index in [9.17, 15) is 4.79 Å². The standard InChI is InChI=1S/C16H21ClOS/c1-2-12-6-5-7-13(10-12)15(18)11-19-16-9-4-3-8-14(16)17/h3-4,8-9,12-13H,2,5-7,10-11H2,1H3. The van der Waals surface area contributed by atoms with Gasteiger partial charge in [-0.05, 0) is 30.9 Å². The number of halogens is 1. The number of benzene rings is 1. The fourth-order valence-corrected chi connectivity index (χ4v) is 4.00. The van der Waals surface area contributed by atoms with E-state index < -0.39 is 0 Å². The second-order valence-electron chi connectivity index (χ2n) is 5.32. The molecule has 0 heterocycles. The molecule has 1 aliphatic carbocycles. The van der Waals surface area contributed by atoms with Crippen LogP contribution in [0, 0.1) is 11.8 Å². The molecule has 1 aromatic rings. The molecule has 19 heavy (non-hydrogen) atoms. The monoisotopic (exact) mass is 296 g/mol. The molecule has 2 unspecified atom stereocenters. The Hall–Kier alpha value is -0.470. The second kappa shape index (κ2) is 7.35. The minimum absolute atomic E-state index is 0.286. The number of hydrogen-bond donors (Lipinski definition) is 0. The highest BCUT2D eigenvalue weighted by Crippen LogP contribution is 2.33. The van der Waals surface area contributed by atoms with E-state index in [1.807, 2.05) is 24.3 Å². The molecular weight excluding hydrogens is 276 g/mol. The summed E-state index contributed by atoms with van der Waals surface area (Å²) in [6.45, 7) is 2.23. The molecule has 0 aromatic heterocycles. The van der Waals surface area contributed by atoms with Gasteiger partial charge in [-0.15, -0.1) is 11.8 Å². The van der Waals surface area contributed by atoms with Crippen molar-refractivity contribution < 1.29 is 4.79 Å². The molecule has 1 aromatic carbocycles. The van der Waals surface area contributed by atoms with Crippen LogP contribution in [-0.2, 0) is 4.79 Å².